The number of amides is 1. The van der Waals surface area contributed by atoms with E-state index in [0.717, 1.165) is 12.1 Å². The molecule has 0 heterocycles. The molecule has 0 saturated carbocycles. The monoisotopic (exact) mass is 336 g/mol. The van der Waals surface area contributed by atoms with Gasteiger partial charge in [0, 0.05) is 16.7 Å². The van der Waals surface area contributed by atoms with Gasteiger partial charge in [-0.1, -0.05) is 29.8 Å². The zero-order valence-electron chi connectivity index (χ0n) is 12.5. The first-order chi connectivity index (χ1) is 10.8. The zero-order valence-corrected chi connectivity index (χ0v) is 13.2. The van der Waals surface area contributed by atoms with Crippen molar-refractivity contribution in [2.75, 3.05) is 0 Å². The molecule has 2 aromatic rings. The molecule has 7 heteroatoms. The number of halogens is 2. The molecule has 120 valence electrons. The highest BCUT2D eigenvalue weighted by Gasteiger charge is 2.21. The minimum atomic E-state index is -0.797. The first-order valence-electron chi connectivity index (χ1n) is 6.81. The summed E-state index contributed by atoms with van der Waals surface area (Å²) in [6, 6.07) is 8.60. The number of rotatable bonds is 4. The molecule has 0 aliphatic rings. The van der Waals surface area contributed by atoms with E-state index in [1.807, 2.05) is 0 Å². The van der Waals surface area contributed by atoms with Crippen molar-refractivity contribution in [3.63, 3.8) is 0 Å². The van der Waals surface area contributed by atoms with Gasteiger partial charge in [0.25, 0.3) is 11.6 Å². The normalized spacial score (nSPS) is 11.8. The second kappa shape index (κ2) is 6.75. The van der Waals surface area contributed by atoms with Crippen molar-refractivity contribution in [3.05, 3.63) is 74.0 Å². The number of nitro benzene ring substituents is 1. The summed E-state index contributed by atoms with van der Waals surface area (Å²) in [5, 5.41) is 14.1. The van der Waals surface area contributed by atoms with Gasteiger partial charge in [0.1, 0.15) is 5.82 Å². The van der Waals surface area contributed by atoms with Crippen LogP contribution in [-0.2, 0) is 0 Å². The highest BCUT2D eigenvalue weighted by atomic mass is 35.5. The Labute approximate surface area is 137 Å². The van der Waals surface area contributed by atoms with Gasteiger partial charge in [0.2, 0.25) is 0 Å². The number of nitrogens with zero attached hydrogens (tertiary/aromatic N) is 1. The van der Waals surface area contributed by atoms with Gasteiger partial charge in [-0.05, 0) is 31.5 Å². The fraction of sp³-hybridized carbons (Fsp3) is 0.188. The summed E-state index contributed by atoms with van der Waals surface area (Å²) in [5.41, 5.74) is 0.0505. The highest BCUT2D eigenvalue weighted by Crippen LogP contribution is 2.25. The molecule has 1 N–H and O–H groups in total. The first kappa shape index (κ1) is 16.9. The van der Waals surface area contributed by atoms with E-state index < -0.39 is 28.4 Å². The predicted octanol–water partition coefficient (Wildman–Crippen LogP) is 4.19. The first-order valence-corrected chi connectivity index (χ1v) is 7.19. The second-order valence-electron chi connectivity index (χ2n) is 5.08. The Hall–Kier alpha value is -2.47. The second-order valence-corrected chi connectivity index (χ2v) is 5.48. The summed E-state index contributed by atoms with van der Waals surface area (Å²) in [6.07, 6.45) is 0. The molecule has 0 aromatic heterocycles. The zero-order chi connectivity index (χ0) is 17.1. The van der Waals surface area contributed by atoms with E-state index in [1.54, 1.807) is 31.2 Å². The number of benzene rings is 2. The third kappa shape index (κ3) is 3.65. The number of nitrogens with one attached hydrogen (secondary N) is 1. The standard InChI is InChI=1S/C16H14ClFN2O3/c1-9-14(18)7-11(8-15(9)20(22)23)16(21)19-10(2)12-5-3-4-6-13(12)17/h3-8,10H,1-2H3,(H,19,21)/t10-/m0/s1. The van der Waals surface area contributed by atoms with E-state index in [-0.39, 0.29) is 11.1 Å². The van der Waals surface area contributed by atoms with Gasteiger partial charge < -0.3 is 5.32 Å². The van der Waals surface area contributed by atoms with Gasteiger partial charge in [-0.3, -0.25) is 14.9 Å². The van der Waals surface area contributed by atoms with Crippen LogP contribution in [0.2, 0.25) is 5.02 Å². The molecule has 0 saturated heterocycles. The molecule has 0 radical (unpaired) electrons. The quantitative estimate of drug-likeness (QED) is 0.672. The summed E-state index contributed by atoms with van der Waals surface area (Å²) in [7, 11) is 0. The maximum atomic E-state index is 13.8. The number of nitro groups is 1. The molecule has 2 rings (SSSR count). The number of carbonyl (C=O) groups excluding carboxylic acids is 1. The van der Waals surface area contributed by atoms with Crippen LogP contribution < -0.4 is 5.32 Å². The summed E-state index contributed by atoms with van der Waals surface area (Å²) in [6.45, 7) is 3.01. The summed E-state index contributed by atoms with van der Waals surface area (Å²) >= 11 is 6.06. The van der Waals surface area contributed by atoms with Gasteiger partial charge in [0.15, 0.2) is 0 Å². The molecule has 23 heavy (non-hydrogen) atoms. The van der Waals surface area contributed by atoms with Crippen LogP contribution in [0.15, 0.2) is 36.4 Å². The van der Waals surface area contributed by atoms with Gasteiger partial charge in [-0.2, -0.15) is 0 Å². The Morgan fingerprint density at radius 3 is 2.61 bits per heavy atom. The minimum Gasteiger partial charge on any atom is -0.345 e. The van der Waals surface area contributed by atoms with Crippen LogP contribution in [0.4, 0.5) is 10.1 Å². The number of hydrogen-bond acceptors (Lipinski definition) is 3. The van der Waals surface area contributed by atoms with Crippen molar-refractivity contribution >= 4 is 23.2 Å². The minimum absolute atomic E-state index is 0.106. The molecule has 1 atom stereocenters. The van der Waals surface area contributed by atoms with E-state index in [4.69, 9.17) is 11.6 Å². The Balaban J connectivity index is 2.28. The maximum absolute atomic E-state index is 13.8. The molecule has 0 aliphatic heterocycles. The van der Waals surface area contributed by atoms with Crippen LogP contribution >= 0.6 is 11.6 Å². The van der Waals surface area contributed by atoms with Crippen molar-refractivity contribution in [2.45, 2.75) is 19.9 Å². The van der Waals surface area contributed by atoms with E-state index >= 15 is 0 Å². The summed E-state index contributed by atoms with van der Waals surface area (Å²) < 4.78 is 13.8. The van der Waals surface area contributed by atoms with Gasteiger partial charge in [-0.15, -0.1) is 0 Å². The highest BCUT2D eigenvalue weighted by molar-refractivity contribution is 6.31. The average Bonchev–Trinajstić information content (AvgIpc) is 2.49. The lowest BCUT2D eigenvalue weighted by molar-refractivity contribution is -0.385. The van der Waals surface area contributed by atoms with E-state index in [9.17, 15) is 19.3 Å². The van der Waals surface area contributed by atoms with E-state index in [0.29, 0.717) is 10.6 Å². The van der Waals surface area contributed by atoms with Gasteiger partial charge in [-0.25, -0.2) is 4.39 Å². The largest absolute Gasteiger partial charge is 0.345 e. The molecule has 0 unspecified atom stereocenters. The van der Waals surface area contributed by atoms with E-state index in [1.165, 1.54) is 6.92 Å². The molecule has 0 spiro atoms. The Morgan fingerprint density at radius 1 is 1.35 bits per heavy atom. The van der Waals surface area contributed by atoms with Gasteiger partial charge in [0.05, 0.1) is 16.5 Å². The van der Waals surface area contributed by atoms with Crippen LogP contribution in [0.3, 0.4) is 0 Å². The SMILES string of the molecule is Cc1c(F)cc(C(=O)N[C@@H](C)c2ccccc2Cl)cc1[N+](=O)[O-]. The molecule has 0 aliphatic carbocycles. The third-order valence-corrected chi connectivity index (χ3v) is 3.84. The lowest BCUT2D eigenvalue weighted by atomic mass is 10.1. The lowest BCUT2D eigenvalue weighted by Gasteiger charge is -2.16. The molecule has 1 amide bonds. The molecule has 0 fully saturated rings. The topological polar surface area (TPSA) is 72.2 Å². The number of carbonyl (C=O) groups is 1. The van der Waals surface area contributed by atoms with Crippen LogP contribution in [0, 0.1) is 22.9 Å². The van der Waals surface area contributed by atoms with Crippen molar-refractivity contribution in [3.8, 4) is 0 Å². The van der Waals surface area contributed by atoms with Crippen LogP contribution in [0.25, 0.3) is 0 Å². The molecule has 2 aromatic carbocycles. The smallest absolute Gasteiger partial charge is 0.276 e. The van der Waals surface area contributed by atoms with Gasteiger partial charge >= 0.3 is 0 Å². The Bertz CT molecular complexity index is 780. The fourth-order valence-corrected chi connectivity index (χ4v) is 2.47. The third-order valence-electron chi connectivity index (χ3n) is 3.50. The number of hydrogen-bond donors (Lipinski definition) is 1. The predicted molar refractivity (Wildman–Crippen MR) is 85.1 cm³/mol. The van der Waals surface area contributed by atoms with E-state index in [2.05, 4.69) is 5.32 Å². The fourth-order valence-electron chi connectivity index (χ4n) is 2.17. The average molecular weight is 337 g/mol. The van der Waals surface area contributed by atoms with Crippen molar-refractivity contribution in [1.29, 1.82) is 0 Å². The lowest BCUT2D eigenvalue weighted by Crippen LogP contribution is -2.27. The van der Waals surface area contributed by atoms with Crippen molar-refractivity contribution in [2.24, 2.45) is 0 Å². The van der Waals surface area contributed by atoms with Crippen molar-refractivity contribution < 1.29 is 14.1 Å². The summed E-state index contributed by atoms with van der Waals surface area (Å²) in [5.74, 6) is -1.41. The van der Waals surface area contributed by atoms with Crippen LogP contribution in [-0.4, -0.2) is 10.8 Å². The maximum Gasteiger partial charge on any atom is 0.276 e. The molecular weight excluding hydrogens is 323 g/mol. The summed E-state index contributed by atoms with van der Waals surface area (Å²) in [4.78, 5) is 22.4. The molecule has 0 bridgehead atoms. The van der Waals surface area contributed by atoms with Crippen LogP contribution in [0.5, 0.6) is 0 Å². The van der Waals surface area contributed by atoms with Crippen molar-refractivity contribution in [1.82, 2.24) is 5.32 Å². The van der Waals surface area contributed by atoms with Crippen LogP contribution in [0.1, 0.15) is 34.5 Å². The molecule has 5 nitrogen and oxygen atoms in total. The molecular formula is C16H14ClFN2O3. The Kier molecular flexibility index (Phi) is 4.95. The Morgan fingerprint density at radius 2 is 2.00 bits per heavy atom.